The molecule has 114 valence electrons. The molecule has 0 saturated carbocycles. The molecule has 2 aromatic rings. The minimum absolute atomic E-state index is 0.252. The van der Waals surface area contributed by atoms with Crippen molar-refractivity contribution in [1.82, 2.24) is 4.72 Å². The van der Waals surface area contributed by atoms with E-state index in [0.717, 1.165) is 17.9 Å². The number of sulfonamides is 1. The van der Waals surface area contributed by atoms with E-state index in [1.807, 2.05) is 26.0 Å². The quantitative estimate of drug-likeness (QED) is 0.825. The van der Waals surface area contributed by atoms with E-state index in [4.69, 9.17) is 4.42 Å². The Morgan fingerprint density at radius 1 is 1.14 bits per heavy atom. The smallest absolute Gasteiger partial charge is 0.242 e. The third-order valence-electron chi connectivity index (χ3n) is 2.97. The largest absolute Gasteiger partial charge is 0.465 e. The van der Waals surface area contributed by atoms with Crippen LogP contribution in [0.15, 0.2) is 45.7 Å². The first-order valence-electron chi connectivity index (χ1n) is 6.91. The van der Waals surface area contributed by atoms with Crippen LogP contribution in [0.4, 0.5) is 5.69 Å². The van der Waals surface area contributed by atoms with E-state index in [2.05, 4.69) is 10.0 Å². The summed E-state index contributed by atoms with van der Waals surface area (Å²) >= 11 is 0. The van der Waals surface area contributed by atoms with Crippen LogP contribution in [0.3, 0.4) is 0 Å². The molecule has 2 rings (SSSR count). The van der Waals surface area contributed by atoms with Crippen molar-refractivity contribution in [3.8, 4) is 0 Å². The maximum atomic E-state index is 12.3. The number of furan rings is 1. The molecular weight excluding hydrogens is 288 g/mol. The highest BCUT2D eigenvalue weighted by molar-refractivity contribution is 7.89. The van der Waals surface area contributed by atoms with Crippen molar-refractivity contribution in [2.45, 2.75) is 31.7 Å². The Hall–Kier alpha value is -1.79. The molecule has 0 spiro atoms. The van der Waals surface area contributed by atoms with Crippen molar-refractivity contribution in [3.63, 3.8) is 0 Å². The van der Waals surface area contributed by atoms with Crippen LogP contribution in [0, 0.1) is 6.92 Å². The Labute approximate surface area is 125 Å². The molecule has 1 aromatic carbocycles. The van der Waals surface area contributed by atoms with Crippen molar-refractivity contribution in [3.05, 3.63) is 47.9 Å². The predicted octanol–water partition coefficient (Wildman–Crippen LogP) is 2.89. The minimum Gasteiger partial charge on any atom is -0.465 e. The first kappa shape index (κ1) is 15.6. The number of hydrogen-bond donors (Lipinski definition) is 2. The summed E-state index contributed by atoms with van der Waals surface area (Å²) in [7, 11) is -3.50. The summed E-state index contributed by atoms with van der Waals surface area (Å²) in [6.07, 6.45) is 0.750. The third-order valence-corrected chi connectivity index (χ3v) is 4.49. The second-order valence-electron chi connectivity index (χ2n) is 4.76. The molecule has 2 N–H and O–H groups in total. The Morgan fingerprint density at radius 3 is 2.57 bits per heavy atom. The predicted molar refractivity (Wildman–Crippen MR) is 82.7 cm³/mol. The van der Waals surface area contributed by atoms with Gasteiger partial charge in [0.05, 0.1) is 12.2 Å². The van der Waals surface area contributed by atoms with Crippen LogP contribution in [-0.2, 0) is 16.6 Å². The second kappa shape index (κ2) is 6.78. The zero-order valence-corrected chi connectivity index (χ0v) is 13.0. The summed E-state index contributed by atoms with van der Waals surface area (Å²) in [5.74, 6) is 1.60. The topological polar surface area (TPSA) is 71.3 Å². The van der Waals surface area contributed by atoms with Crippen LogP contribution in [0.2, 0.25) is 0 Å². The van der Waals surface area contributed by atoms with Gasteiger partial charge in [0.2, 0.25) is 10.0 Å². The van der Waals surface area contributed by atoms with Crippen LogP contribution in [0.5, 0.6) is 0 Å². The van der Waals surface area contributed by atoms with Gasteiger partial charge in [0.1, 0.15) is 16.4 Å². The van der Waals surface area contributed by atoms with Gasteiger partial charge >= 0.3 is 0 Å². The number of para-hydroxylation sites is 1. The number of rotatable bonds is 7. The molecule has 0 atom stereocenters. The number of aryl methyl sites for hydroxylation is 1. The fourth-order valence-electron chi connectivity index (χ4n) is 1.92. The number of benzene rings is 1. The summed E-state index contributed by atoms with van der Waals surface area (Å²) in [5, 5.41) is 3.11. The van der Waals surface area contributed by atoms with Crippen LogP contribution < -0.4 is 10.0 Å². The molecular formula is C15H20N2O3S. The average molecular weight is 308 g/mol. The Kier molecular flexibility index (Phi) is 5.03. The second-order valence-corrected chi connectivity index (χ2v) is 6.50. The molecule has 0 aliphatic rings. The summed E-state index contributed by atoms with van der Waals surface area (Å²) in [6, 6.07) is 10.6. The van der Waals surface area contributed by atoms with Gasteiger partial charge in [-0.2, -0.15) is 0 Å². The van der Waals surface area contributed by atoms with Gasteiger partial charge < -0.3 is 9.73 Å². The molecule has 6 heteroatoms. The molecule has 0 radical (unpaired) electrons. The van der Waals surface area contributed by atoms with E-state index < -0.39 is 10.0 Å². The van der Waals surface area contributed by atoms with Gasteiger partial charge in [0, 0.05) is 6.54 Å². The van der Waals surface area contributed by atoms with Gasteiger partial charge in [-0.05, 0) is 37.6 Å². The Balaban J connectivity index is 2.16. The van der Waals surface area contributed by atoms with Gasteiger partial charge in [-0.1, -0.05) is 19.1 Å². The molecule has 0 fully saturated rings. The van der Waals surface area contributed by atoms with E-state index in [0.29, 0.717) is 18.8 Å². The lowest BCUT2D eigenvalue weighted by Gasteiger charge is -2.12. The third kappa shape index (κ3) is 4.09. The summed E-state index contributed by atoms with van der Waals surface area (Å²) in [5.41, 5.74) is 0.565. The van der Waals surface area contributed by atoms with Crippen LogP contribution >= 0.6 is 0 Å². The maximum Gasteiger partial charge on any atom is 0.242 e. The molecule has 1 heterocycles. The molecule has 0 unspecified atom stereocenters. The van der Waals surface area contributed by atoms with E-state index in [9.17, 15) is 8.42 Å². The molecule has 0 amide bonds. The Morgan fingerprint density at radius 2 is 1.90 bits per heavy atom. The SMILES string of the molecule is CCCNS(=O)(=O)c1ccccc1NCc1ccc(C)o1. The number of anilines is 1. The summed E-state index contributed by atoms with van der Waals surface area (Å²) in [4.78, 5) is 0.252. The fourth-order valence-corrected chi connectivity index (χ4v) is 3.24. The lowest BCUT2D eigenvalue weighted by molar-refractivity contribution is 0.490. The molecule has 0 bridgehead atoms. The first-order valence-corrected chi connectivity index (χ1v) is 8.39. The normalized spacial score (nSPS) is 11.5. The highest BCUT2D eigenvalue weighted by atomic mass is 32.2. The fraction of sp³-hybridized carbons (Fsp3) is 0.333. The first-order chi connectivity index (χ1) is 10.0. The van der Waals surface area contributed by atoms with Crippen molar-refractivity contribution >= 4 is 15.7 Å². The van der Waals surface area contributed by atoms with E-state index in [-0.39, 0.29) is 4.90 Å². The van der Waals surface area contributed by atoms with Gasteiger partial charge in [-0.25, -0.2) is 13.1 Å². The van der Waals surface area contributed by atoms with Crippen molar-refractivity contribution in [2.75, 3.05) is 11.9 Å². The zero-order chi connectivity index (χ0) is 15.3. The highest BCUT2D eigenvalue weighted by Crippen LogP contribution is 2.21. The van der Waals surface area contributed by atoms with E-state index in [1.165, 1.54) is 0 Å². The number of nitrogens with one attached hydrogen (secondary N) is 2. The molecule has 0 aliphatic heterocycles. The Bertz CT molecular complexity index is 692. The minimum atomic E-state index is -3.50. The monoisotopic (exact) mass is 308 g/mol. The van der Waals surface area contributed by atoms with Crippen LogP contribution in [0.1, 0.15) is 24.9 Å². The van der Waals surface area contributed by atoms with Gasteiger partial charge in [0.15, 0.2) is 0 Å². The lowest BCUT2D eigenvalue weighted by atomic mass is 10.3. The zero-order valence-electron chi connectivity index (χ0n) is 12.2. The van der Waals surface area contributed by atoms with Gasteiger partial charge in [0.25, 0.3) is 0 Å². The molecule has 0 saturated heterocycles. The van der Waals surface area contributed by atoms with Gasteiger partial charge in [-0.3, -0.25) is 0 Å². The molecule has 1 aromatic heterocycles. The molecule has 0 aliphatic carbocycles. The lowest BCUT2D eigenvalue weighted by Crippen LogP contribution is -2.25. The summed E-state index contributed by atoms with van der Waals surface area (Å²) < 4.78 is 32.6. The average Bonchev–Trinajstić information content (AvgIpc) is 2.89. The van der Waals surface area contributed by atoms with Crippen LogP contribution in [0.25, 0.3) is 0 Å². The van der Waals surface area contributed by atoms with Crippen molar-refractivity contribution in [1.29, 1.82) is 0 Å². The summed E-state index contributed by atoms with van der Waals surface area (Å²) in [6.45, 7) is 4.66. The number of hydrogen-bond acceptors (Lipinski definition) is 4. The van der Waals surface area contributed by atoms with Gasteiger partial charge in [-0.15, -0.1) is 0 Å². The van der Waals surface area contributed by atoms with E-state index in [1.54, 1.807) is 24.3 Å². The highest BCUT2D eigenvalue weighted by Gasteiger charge is 2.17. The van der Waals surface area contributed by atoms with Crippen molar-refractivity contribution < 1.29 is 12.8 Å². The van der Waals surface area contributed by atoms with Crippen molar-refractivity contribution in [2.24, 2.45) is 0 Å². The standard InChI is InChI=1S/C15H20N2O3S/c1-3-10-17-21(18,19)15-7-5-4-6-14(15)16-11-13-9-8-12(2)20-13/h4-9,16-17H,3,10-11H2,1-2H3. The maximum absolute atomic E-state index is 12.3. The van der Waals surface area contributed by atoms with Crippen LogP contribution in [-0.4, -0.2) is 15.0 Å². The van der Waals surface area contributed by atoms with E-state index >= 15 is 0 Å². The molecule has 5 nitrogen and oxygen atoms in total. The molecule has 21 heavy (non-hydrogen) atoms.